The highest BCUT2D eigenvalue weighted by Gasteiger charge is 2.28. The van der Waals surface area contributed by atoms with Crippen LogP contribution in [0.25, 0.3) is 4.96 Å². The lowest BCUT2D eigenvalue weighted by Crippen LogP contribution is -2.43. The zero-order valence-electron chi connectivity index (χ0n) is 18.9. The molecular weight excluding hydrogens is 438 g/mol. The third kappa shape index (κ3) is 4.46. The van der Waals surface area contributed by atoms with Gasteiger partial charge in [-0.1, -0.05) is 29.5 Å². The van der Waals surface area contributed by atoms with Gasteiger partial charge in [0, 0.05) is 30.8 Å². The van der Waals surface area contributed by atoms with Crippen molar-refractivity contribution in [1.29, 1.82) is 0 Å². The number of benzene rings is 1. The van der Waals surface area contributed by atoms with E-state index in [1.54, 1.807) is 0 Å². The summed E-state index contributed by atoms with van der Waals surface area (Å²) in [5, 5.41) is 8.45. The van der Waals surface area contributed by atoms with Gasteiger partial charge in [-0.05, 0) is 51.5 Å². The van der Waals surface area contributed by atoms with Crippen molar-refractivity contribution in [1.82, 2.24) is 19.9 Å². The predicted molar refractivity (Wildman–Crippen MR) is 128 cm³/mol. The summed E-state index contributed by atoms with van der Waals surface area (Å²) in [4.78, 5) is 33.4. The number of para-hydroxylation sites is 1. The molecule has 174 valence electrons. The number of anilines is 1. The highest BCUT2D eigenvalue weighted by Crippen LogP contribution is 2.28. The van der Waals surface area contributed by atoms with Crippen LogP contribution in [0.5, 0.6) is 5.75 Å². The topological polar surface area (TPSA) is 88.8 Å². The number of ether oxygens (including phenoxy) is 1. The van der Waals surface area contributed by atoms with Gasteiger partial charge in [-0.2, -0.15) is 4.52 Å². The molecule has 33 heavy (non-hydrogen) atoms. The van der Waals surface area contributed by atoms with Crippen LogP contribution < -0.4 is 20.5 Å². The molecule has 8 nitrogen and oxygen atoms in total. The first kappa shape index (κ1) is 21.9. The maximum atomic E-state index is 13.0. The first-order valence-electron chi connectivity index (χ1n) is 11.8. The summed E-state index contributed by atoms with van der Waals surface area (Å²) in [6.45, 7) is 4.40. The molecule has 1 fully saturated rings. The predicted octanol–water partition coefficient (Wildman–Crippen LogP) is 2.96. The molecule has 0 saturated carbocycles. The Morgan fingerprint density at radius 3 is 2.97 bits per heavy atom. The van der Waals surface area contributed by atoms with Crippen LogP contribution in [0.1, 0.15) is 49.4 Å². The second kappa shape index (κ2) is 9.51. The van der Waals surface area contributed by atoms with E-state index >= 15 is 0 Å². The highest BCUT2D eigenvalue weighted by atomic mass is 32.1. The van der Waals surface area contributed by atoms with E-state index in [-0.39, 0.29) is 17.4 Å². The lowest BCUT2D eigenvalue weighted by Gasteiger charge is -2.31. The number of fused-ring (bicyclic) bond motifs is 2. The van der Waals surface area contributed by atoms with Crippen LogP contribution in [-0.2, 0) is 24.2 Å². The van der Waals surface area contributed by atoms with E-state index in [1.165, 1.54) is 15.9 Å². The number of piperidine rings is 1. The number of amides is 1. The van der Waals surface area contributed by atoms with Gasteiger partial charge in [0.25, 0.3) is 5.56 Å². The van der Waals surface area contributed by atoms with Crippen molar-refractivity contribution in [3.8, 4) is 5.75 Å². The Morgan fingerprint density at radius 2 is 2.09 bits per heavy atom. The molecule has 2 aromatic heterocycles. The molecule has 1 aromatic carbocycles. The number of hydrogen-bond donors (Lipinski definition) is 1. The molecule has 1 saturated heterocycles. The number of carbonyl (C=O) groups excluding carboxylic acids is 1. The van der Waals surface area contributed by atoms with E-state index in [0.717, 1.165) is 72.8 Å². The van der Waals surface area contributed by atoms with Crippen LogP contribution in [0.4, 0.5) is 5.13 Å². The fourth-order valence-corrected chi connectivity index (χ4v) is 5.67. The molecule has 2 aliphatic rings. The zero-order chi connectivity index (χ0) is 22.8. The van der Waals surface area contributed by atoms with Crippen molar-refractivity contribution >= 4 is 27.3 Å². The molecule has 3 aromatic rings. The molecule has 0 radical (unpaired) electrons. The summed E-state index contributed by atoms with van der Waals surface area (Å²) in [5.74, 6) is 0.724. The molecular formula is C24H29N5O3S. The van der Waals surface area contributed by atoms with Gasteiger partial charge in [-0.3, -0.25) is 9.59 Å². The molecule has 3 heterocycles. The molecule has 5 rings (SSSR count). The number of hydrogen-bond acceptors (Lipinski definition) is 7. The van der Waals surface area contributed by atoms with Crippen molar-refractivity contribution in [2.45, 2.75) is 52.0 Å². The molecule has 9 heteroatoms. The van der Waals surface area contributed by atoms with E-state index in [1.807, 2.05) is 31.2 Å². The highest BCUT2D eigenvalue weighted by molar-refractivity contribution is 7.20. The Labute approximate surface area is 196 Å². The van der Waals surface area contributed by atoms with Crippen LogP contribution in [0.2, 0.25) is 0 Å². The van der Waals surface area contributed by atoms with E-state index in [0.29, 0.717) is 24.7 Å². The van der Waals surface area contributed by atoms with Gasteiger partial charge < -0.3 is 15.0 Å². The average molecular weight is 468 g/mol. The van der Waals surface area contributed by atoms with Gasteiger partial charge in [-0.25, -0.2) is 4.98 Å². The van der Waals surface area contributed by atoms with E-state index < -0.39 is 0 Å². The van der Waals surface area contributed by atoms with Crippen molar-refractivity contribution in [2.75, 3.05) is 24.6 Å². The maximum absolute atomic E-state index is 13.0. The van der Waals surface area contributed by atoms with Gasteiger partial charge in [0.15, 0.2) is 0 Å². The summed E-state index contributed by atoms with van der Waals surface area (Å²) in [5.41, 5.74) is 2.70. The molecule has 0 unspecified atom stereocenters. The second-order valence-electron chi connectivity index (χ2n) is 8.67. The lowest BCUT2D eigenvalue weighted by molar-refractivity contribution is -0.125. The number of aryl methyl sites for hydroxylation is 1. The number of carbonyl (C=O) groups is 1. The largest absolute Gasteiger partial charge is 0.494 e. The third-order valence-electron chi connectivity index (χ3n) is 6.46. The monoisotopic (exact) mass is 467 g/mol. The van der Waals surface area contributed by atoms with Gasteiger partial charge in [0.05, 0.1) is 18.2 Å². The Bertz CT molecular complexity index is 1220. The molecule has 1 amide bonds. The number of aromatic nitrogens is 3. The SMILES string of the molecule is CCOc1ccccc1CNC(=O)[C@@H]1CCCN(c2nn3c(=O)c4c(nc3s2)CCCC4)C1. The second-order valence-corrected chi connectivity index (χ2v) is 9.61. The molecule has 1 N–H and O–H groups in total. The lowest BCUT2D eigenvalue weighted by atomic mass is 9.97. The summed E-state index contributed by atoms with van der Waals surface area (Å²) in [6.07, 6.45) is 5.52. The summed E-state index contributed by atoms with van der Waals surface area (Å²) >= 11 is 1.44. The molecule has 0 spiro atoms. The van der Waals surface area contributed by atoms with Crippen LogP contribution >= 0.6 is 11.3 Å². The van der Waals surface area contributed by atoms with Gasteiger partial charge in [-0.15, -0.1) is 5.10 Å². The first-order valence-corrected chi connectivity index (χ1v) is 12.6. The minimum atomic E-state index is -0.122. The number of nitrogens with one attached hydrogen (secondary N) is 1. The fourth-order valence-electron chi connectivity index (χ4n) is 4.73. The van der Waals surface area contributed by atoms with Crippen molar-refractivity contribution in [3.05, 3.63) is 51.4 Å². The normalized spacial score (nSPS) is 18.2. The maximum Gasteiger partial charge on any atom is 0.278 e. The molecule has 0 bridgehead atoms. The number of nitrogens with zero attached hydrogens (tertiary/aromatic N) is 4. The van der Waals surface area contributed by atoms with E-state index in [9.17, 15) is 9.59 Å². The van der Waals surface area contributed by atoms with Gasteiger partial charge >= 0.3 is 0 Å². The van der Waals surface area contributed by atoms with Crippen molar-refractivity contribution in [3.63, 3.8) is 0 Å². The summed E-state index contributed by atoms with van der Waals surface area (Å²) in [7, 11) is 0. The molecule has 1 atom stereocenters. The zero-order valence-corrected chi connectivity index (χ0v) is 19.7. The Hall–Kier alpha value is -2.94. The number of rotatable bonds is 6. The van der Waals surface area contributed by atoms with Crippen molar-refractivity contribution < 1.29 is 9.53 Å². The minimum Gasteiger partial charge on any atom is -0.494 e. The first-order chi connectivity index (χ1) is 16.1. The smallest absolute Gasteiger partial charge is 0.278 e. The van der Waals surface area contributed by atoms with Gasteiger partial charge in [0.1, 0.15) is 5.75 Å². The Kier molecular flexibility index (Phi) is 6.30. The Balaban J connectivity index is 1.29. The standard InChI is InChI=1S/C24H29N5O3S/c1-2-32-20-12-6-3-8-16(20)14-25-21(30)17-9-7-13-28(15-17)24-27-29-22(31)18-10-4-5-11-19(18)26-23(29)33-24/h3,6,8,12,17H,2,4-5,7,9-11,13-15H2,1H3,(H,25,30)/t17-/m1/s1. The van der Waals surface area contributed by atoms with E-state index in [4.69, 9.17) is 9.72 Å². The summed E-state index contributed by atoms with van der Waals surface area (Å²) < 4.78 is 7.12. The van der Waals surface area contributed by atoms with Crippen LogP contribution in [0.3, 0.4) is 0 Å². The Morgan fingerprint density at radius 1 is 1.24 bits per heavy atom. The van der Waals surface area contributed by atoms with E-state index in [2.05, 4.69) is 15.3 Å². The fraction of sp³-hybridized carbons (Fsp3) is 0.500. The average Bonchev–Trinajstić information content (AvgIpc) is 3.28. The molecule has 1 aliphatic heterocycles. The van der Waals surface area contributed by atoms with Crippen molar-refractivity contribution in [2.24, 2.45) is 5.92 Å². The third-order valence-corrected chi connectivity index (χ3v) is 7.43. The minimum absolute atomic E-state index is 0.0311. The molecule has 1 aliphatic carbocycles. The van der Waals surface area contributed by atoms with Crippen LogP contribution in [0.15, 0.2) is 29.1 Å². The quantitative estimate of drug-likeness (QED) is 0.600. The summed E-state index contributed by atoms with van der Waals surface area (Å²) in [6, 6.07) is 7.79. The van der Waals surface area contributed by atoms with Crippen LogP contribution in [0, 0.1) is 5.92 Å². The van der Waals surface area contributed by atoms with Gasteiger partial charge in [0.2, 0.25) is 16.0 Å². The van der Waals surface area contributed by atoms with Crippen LogP contribution in [-0.4, -0.2) is 40.2 Å².